The summed E-state index contributed by atoms with van der Waals surface area (Å²) in [6.07, 6.45) is 1.61. The number of aryl methyl sites for hydroxylation is 1. The molecule has 0 aliphatic rings. The fourth-order valence-electron chi connectivity index (χ4n) is 1.58. The Kier molecular flexibility index (Phi) is 3.08. The highest BCUT2D eigenvalue weighted by atomic mass is 19.1. The Morgan fingerprint density at radius 1 is 1.29 bits per heavy atom. The number of anilines is 1. The van der Waals surface area contributed by atoms with Crippen LogP contribution in [0.1, 0.15) is 24.2 Å². The Labute approximate surface area is 97.9 Å². The normalized spacial score (nSPS) is 12.5. The minimum atomic E-state index is -0.463. The van der Waals surface area contributed by atoms with Gasteiger partial charge in [0.25, 0.3) is 0 Å². The van der Waals surface area contributed by atoms with Gasteiger partial charge in [-0.1, -0.05) is 0 Å². The van der Waals surface area contributed by atoms with Crippen LogP contribution in [0.5, 0.6) is 0 Å². The first-order valence-corrected chi connectivity index (χ1v) is 5.29. The molecule has 3 nitrogen and oxygen atoms in total. The van der Waals surface area contributed by atoms with Crippen molar-refractivity contribution in [1.82, 2.24) is 10.2 Å². The van der Waals surface area contributed by atoms with Crippen LogP contribution in [-0.2, 0) is 0 Å². The average molecular weight is 237 g/mol. The van der Waals surface area contributed by atoms with Gasteiger partial charge in [0.15, 0.2) is 0 Å². The summed E-state index contributed by atoms with van der Waals surface area (Å²) in [4.78, 5) is 0. The van der Waals surface area contributed by atoms with E-state index in [0.717, 1.165) is 11.8 Å². The van der Waals surface area contributed by atoms with Crippen molar-refractivity contribution in [3.8, 4) is 0 Å². The molecule has 0 bridgehead atoms. The van der Waals surface area contributed by atoms with Crippen molar-refractivity contribution in [3.63, 3.8) is 0 Å². The van der Waals surface area contributed by atoms with Gasteiger partial charge in [-0.15, -0.1) is 0 Å². The topological polar surface area (TPSA) is 40.7 Å². The van der Waals surface area contributed by atoms with Gasteiger partial charge < -0.3 is 5.32 Å². The van der Waals surface area contributed by atoms with Crippen molar-refractivity contribution in [1.29, 1.82) is 0 Å². The number of hydrogen-bond acceptors (Lipinski definition) is 2. The van der Waals surface area contributed by atoms with E-state index in [2.05, 4.69) is 15.5 Å². The first kappa shape index (κ1) is 11.6. The number of H-pyrrole nitrogens is 1. The highest BCUT2D eigenvalue weighted by Crippen LogP contribution is 2.23. The third-order valence-electron chi connectivity index (χ3n) is 2.61. The third kappa shape index (κ3) is 2.43. The number of hydrogen-bond donors (Lipinski definition) is 2. The highest BCUT2D eigenvalue weighted by Gasteiger charge is 2.11. The number of aromatic amines is 1. The second-order valence-electron chi connectivity index (χ2n) is 3.96. The zero-order chi connectivity index (χ0) is 12.4. The van der Waals surface area contributed by atoms with Crippen molar-refractivity contribution < 1.29 is 8.78 Å². The minimum Gasteiger partial charge on any atom is -0.375 e. The van der Waals surface area contributed by atoms with Crippen molar-refractivity contribution in [2.24, 2.45) is 0 Å². The van der Waals surface area contributed by atoms with Gasteiger partial charge in [0.1, 0.15) is 11.6 Å². The molecule has 2 N–H and O–H groups in total. The van der Waals surface area contributed by atoms with Crippen molar-refractivity contribution in [2.75, 3.05) is 5.32 Å². The zero-order valence-corrected chi connectivity index (χ0v) is 9.59. The van der Waals surface area contributed by atoms with Gasteiger partial charge in [-0.3, -0.25) is 5.10 Å². The molecule has 90 valence electrons. The van der Waals surface area contributed by atoms with Gasteiger partial charge in [0.05, 0.1) is 17.4 Å². The van der Waals surface area contributed by atoms with Crippen LogP contribution in [0.4, 0.5) is 14.5 Å². The molecule has 0 aliphatic heterocycles. The van der Waals surface area contributed by atoms with E-state index in [1.54, 1.807) is 12.3 Å². The fraction of sp³-hybridized carbons (Fsp3) is 0.250. The van der Waals surface area contributed by atoms with Crippen LogP contribution in [0.2, 0.25) is 0 Å². The summed E-state index contributed by atoms with van der Waals surface area (Å²) in [6, 6.07) is 3.95. The van der Waals surface area contributed by atoms with E-state index in [0.29, 0.717) is 5.56 Å². The number of benzene rings is 1. The fourth-order valence-corrected chi connectivity index (χ4v) is 1.58. The molecule has 0 saturated carbocycles. The molecule has 1 aromatic heterocycles. The first-order chi connectivity index (χ1) is 8.08. The second kappa shape index (κ2) is 4.53. The van der Waals surface area contributed by atoms with Gasteiger partial charge in [0.2, 0.25) is 0 Å². The lowest BCUT2D eigenvalue weighted by molar-refractivity contribution is 0.592. The van der Waals surface area contributed by atoms with Crippen LogP contribution in [0.15, 0.2) is 24.4 Å². The van der Waals surface area contributed by atoms with Crippen LogP contribution in [-0.4, -0.2) is 10.2 Å². The summed E-state index contributed by atoms with van der Waals surface area (Å²) in [7, 11) is 0. The first-order valence-electron chi connectivity index (χ1n) is 5.29. The standard InChI is InChI=1S/C12H13F2N3/c1-7-5-10(14)12(6-9(7)13)16-8(2)11-3-4-15-17-11/h3-6,8,16H,1-2H3,(H,15,17). The lowest BCUT2D eigenvalue weighted by atomic mass is 10.1. The van der Waals surface area contributed by atoms with E-state index < -0.39 is 11.6 Å². The molecular formula is C12H13F2N3. The lowest BCUT2D eigenvalue weighted by Gasteiger charge is -2.14. The predicted molar refractivity (Wildman–Crippen MR) is 61.7 cm³/mol. The lowest BCUT2D eigenvalue weighted by Crippen LogP contribution is -2.09. The summed E-state index contributed by atoms with van der Waals surface area (Å²) >= 11 is 0. The van der Waals surface area contributed by atoms with Gasteiger partial charge in [-0.2, -0.15) is 5.10 Å². The Morgan fingerprint density at radius 2 is 2.06 bits per heavy atom. The Balaban J connectivity index is 2.22. The van der Waals surface area contributed by atoms with Crippen LogP contribution in [0.3, 0.4) is 0 Å². The number of halogens is 2. The maximum absolute atomic E-state index is 13.6. The minimum absolute atomic E-state index is 0.148. The molecule has 1 unspecified atom stereocenters. The monoisotopic (exact) mass is 237 g/mol. The molecular weight excluding hydrogens is 224 g/mol. The SMILES string of the molecule is Cc1cc(F)c(NC(C)c2ccn[nH]2)cc1F. The van der Waals surface area contributed by atoms with E-state index in [-0.39, 0.29) is 11.7 Å². The Bertz CT molecular complexity index is 509. The predicted octanol–water partition coefficient (Wildman–Crippen LogP) is 3.17. The van der Waals surface area contributed by atoms with Crippen LogP contribution in [0.25, 0.3) is 0 Å². The van der Waals surface area contributed by atoms with E-state index in [9.17, 15) is 8.78 Å². The van der Waals surface area contributed by atoms with E-state index in [4.69, 9.17) is 0 Å². The molecule has 0 radical (unpaired) electrons. The molecule has 0 aliphatic carbocycles. The summed E-state index contributed by atoms with van der Waals surface area (Å²) < 4.78 is 26.9. The summed E-state index contributed by atoms with van der Waals surface area (Å²) in [5.41, 5.74) is 1.25. The molecule has 0 fully saturated rings. The highest BCUT2D eigenvalue weighted by molar-refractivity contribution is 5.48. The smallest absolute Gasteiger partial charge is 0.146 e. The number of aromatic nitrogens is 2. The van der Waals surface area contributed by atoms with Gasteiger partial charge in [0, 0.05) is 12.3 Å². The molecule has 1 atom stereocenters. The van der Waals surface area contributed by atoms with E-state index in [1.807, 2.05) is 6.92 Å². The molecule has 1 aromatic carbocycles. The maximum Gasteiger partial charge on any atom is 0.146 e. The number of rotatable bonds is 3. The molecule has 2 aromatic rings. The summed E-state index contributed by atoms with van der Waals surface area (Å²) in [5, 5.41) is 9.47. The summed E-state index contributed by atoms with van der Waals surface area (Å²) in [6.45, 7) is 3.37. The van der Waals surface area contributed by atoms with Crippen molar-refractivity contribution in [3.05, 3.63) is 47.3 Å². The van der Waals surface area contributed by atoms with Gasteiger partial charge in [-0.05, 0) is 31.5 Å². The largest absolute Gasteiger partial charge is 0.375 e. The van der Waals surface area contributed by atoms with E-state index in [1.165, 1.54) is 13.0 Å². The van der Waals surface area contributed by atoms with Crippen LogP contribution >= 0.6 is 0 Å². The Hall–Kier alpha value is -1.91. The average Bonchev–Trinajstić information content (AvgIpc) is 2.79. The number of nitrogens with zero attached hydrogens (tertiary/aromatic N) is 1. The zero-order valence-electron chi connectivity index (χ0n) is 9.59. The third-order valence-corrected chi connectivity index (χ3v) is 2.61. The van der Waals surface area contributed by atoms with Crippen molar-refractivity contribution in [2.45, 2.75) is 19.9 Å². The quantitative estimate of drug-likeness (QED) is 0.860. The van der Waals surface area contributed by atoms with E-state index >= 15 is 0 Å². The van der Waals surface area contributed by atoms with Gasteiger partial charge in [-0.25, -0.2) is 8.78 Å². The molecule has 0 saturated heterocycles. The molecule has 17 heavy (non-hydrogen) atoms. The maximum atomic E-state index is 13.6. The molecule has 2 rings (SSSR count). The molecule has 0 amide bonds. The van der Waals surface area contributed by atoms with Crippen LogP contribution in [0, 0.1) is 18.6 Å². The second-order valence-corrected chi connectivity index (χ2v) is 3.96. The van der Waals surface area contributed by atoms with Crippen molar-refractivity contribution >= 4 is 5.69 Å². The molecule has 1 heterocycles. The summed E-state index contributed by atoms with van der Waals surface area (Å²) in [5.74, 6) is -0.888. The Morgan fingerprint density at radius 3 is 2.71 bits per heavy atom. The van der Waals surface area contributed by atoms with Crippen LogP contribution < -0.4 is 5.32 Å². The molecule has 0 spiro atoms. The van der Waals surface area contributed by atoms with Gasteiger partial charge >= 0.3 is 0 Å². The number of nitrogens with one attached hydrogen (secondary N) is 2. The molecule has 5 heteroatoms.